The van der Waals surface area contributed by atoms with Crippen LogP contribution in [0.15, 0.2) is 11.4 Å². The number of allylic oxidation sites excluding steroid dienone is 1. The van der Waals surface area contributed by atoms with E-state index in [2.05, 4.69) is 12.2 Å². The minimum Gasteiger partial charge on any atom is -0.353 e. The molecular formula is C13H25N2O4P. The second-order valence-corrected chi connectivity index (χ2v) is 7.28. The van der Waals surface area contributed by atoms with E-state index in [1.165, 1.54) is 6.92 Å². The Morgan fingerprint density at radius 2 is 2.20 bits per heavy atom. The zero-order chi connectivity index (χ0) is 15.5. The lowest BCUT2D eigenvalue weighted by molar-refractivity contribution is -0.120. The Morgan fingerprint density at radius 1 is 1.60 bits per heavy atom. The Balaban J connectivity index is 2.91. The minimum absolute atomic E-state index is 0.00384. The maximum atomic E-state index is 11.4. The van der Waals surface area contributed by atoms with E-state index in [4.69, 9.17) is 5.73 Å². The highest BCUT2D eigenvalue weighted by molar-refractivity contribution is 7.56. The van der Waals surface area contributed by atoms with Crippen molar-refractivity contribution in [2.75, 3.05) is 0 Å². The van der Waals surface area contributed by atoms with Crippen LogP contribution >= 0.6 is 7.60 Å². The summed E-state index contributed by atoms with van der Waals surface area (Å²) in [5.74, 6) is 0.163. The molecule has 1 rings (SSSR count). The fourth-order valence-corrected chi connectivity index (χ4v) is 3.53. The van der Waals surface area contributed by atoms with E-state index in [1.54, 1.807) is 6.08 Å². The third-order valence-corrected chi connectivity index (χ3v) is 5.20. The quantitative estimate of drug-likeness (QED) is 0.572. The first-order valence-corrected chi connectivity index (χ1v) is 8.55. The summed E-state index contributed by atoms with van der Waals surface area (Å²) in [5, 5.41) is 3.06. The van der Waals surface area contributed by atoms with Gasteiger partial charge in [-0.05, 0) is 24.7 Å². The molecule has 0 spiro atoms. The highest BCUT2D eigenvalue weighted by Crippen LogP contribution is 2.50. The molecule has 0 saturated heterocycles. The van der Waals surface area contributed by atoms with Gasteiger partial charge in [-0.15, -0.1) is 0 Å². The van der Waals surface area contributed by atoms with Gasteiger partial charge in [0.15, 0.2) is 0 Å². The number of amides is 1. The maximum absolute atomic E-state index is 11.4. The van der Waals surface area contributed by atoms with Crippen molar-refractivity contribution in [3.8, 4) is 0 Å². The summed E-state index contributed by atoms with van der Waals surface area (Å²) in [5.41, 5.74) is 6.10. The van der Waals surface area contributed by atoms with Gasteiger partial charge in [0.1, 0.15) is 0 Å². The number of hydrogen-bond donors (Lipinski definition) is 4. The fraction of sp³-hybridized carbons (Fsp3) is 0.769. The molecule has 0 radical (unpaired) electrons. The molecule has 0 saturated carbocycles. The molecule has 1 unspecified atom stereocenters. The Labute approximate surface area is 120 Å². The molecule has 6 nitrogen and oxygen atoms in total. The summed E-state index contributed by atoms with van der Waals surface area (Å²) in [4.78, 5) is 29.8. The van der Waals surface area contributed by atoms with Gasteiger partial charge < -0.3 is 20.8 Å². The standard InChI is InChI=1S/C13H25N2O4P/c1-4-8(2)13(15-9(3)16)11-6-5-10(7-12(11)14)20(17,18)19/h5,8,11-13H,4,6-7,14H2,1-3H3,(H,15,16)(H2,17,18,19)/t8?,11-,12-,13-/m0/s1. The minimum atomic E-state index is -4.20. The van der Waals surface area contributed by atoms with E-state index in [-0.39, 0.29) is 41.6 Å². The Bertz CT molecular complexity index is 432. The van der Waals surface area contributed by atoms with Gasteiger partial charge in [-0.25, -0.2) is 0 Å². The molecule has 1 aliphatic carbocycles. The lowest BCUT2D eigenvalue weighted by atomic mass is 9.78. The van der Waals surface area contributed by atoms with Crippen LogP contribution in [0.2, 0.25) is 0 Å². The maximum Gasteiger partial charge on any atom is 0.351 e. The van der Waals surface area contributed by atoms with Crippen molar-refractivity contribution in [3.63, 3.8) is 0 Å². The molecule has 0 aromatic heterocycles. The molecule has 0 bridgehead atoms. The fourth-order valence-electron chi connectivity index (χ4n) is 2.73. The highest BCUT2D eigenvalue weighted by Gasteiger charge is 2.36. The molecule has 0 aliphatic heterocycles. The van der Waals surface area contributed by atoms with Gasteiger partial charge in [-0.3, -0.25) is 9.36 Å². The van der Waals surface area contributed by atoms with Gasteiger partial charge in [0, 0.05) is 24.3 Å². The van der Waals surface area contributed by atoms with E-state index in [1.807, 2.05) is 6.92 Å². The molecular weight excluding hydrogens is 279 g/mol. The van der Waals surface area contributed by atoms with Gasteiger partial charge in [0.2, 0.25) is 5.91 Å². The van der Waals surface area contributed by atoms with Crippen molar-refractivity contribution < 1.29 is 19.1 Å². The topological polar surface area (TPSA) is 113 Å². The molecule has 0 fully saturated rings. The van der Waals surface area contributed by atoms with Crippen molar-refractivity contribution in [1.82, 2.24) is 5.32 Å². The number of rotatable bonds is 5. The smallest absolute Gasteiger partial charge is 0.351 e. The monoisotopic (exact) mass is 304 g/mol. The lowest BCUT2D eigenvalue weighted by Crippen LogP contribution is -2.51. The lowest BCUT2D eigenvalue weighted by Gasteiger charge is -2.38. The molecule has 0 aromatic rings. The zero-order valence-corrected chi connectivity index (χ0v) is 13.1. The first-order valence-electron chi connectivity index (χ1n) is 6.94. The second-order valence-electron chi connectivity index (χ2n) is 5.62. The molecule has 1 aliphatic rings. The summed E-state index contributed by atoms with van der Waals surface area (Å²) in [6.45, 7) is 5.57. The number of nitrogens with one attached hydrogen (secondary N) is 1. The van der Waals surface area contributed by atoms with E-state index in [0.29, 0.717) is 6.42 Å². The molecule has 5 N–H and O–H groups in total. The van der Waals surface area contributed by atoms with Crippen LogP contribution in [-0.4, -0.2) is 27.8 Å². The van der Waals surface area contributed by atoms with Crippen LogP contribution in [0, 0.1) is 11.8 Å². The van der Waals surface area contributed by atoms with E-state index < -0.39 is 7.60 Å². The van der Waals surface area contributed by atoms with Crippen LogP contribution in [0.4, 0.5) is 0 Å². The molecule has 116 valence electrons. The van der Waals surface area contributed by atoms with Crippen molar-refractivity contribution in [2.24, 2.45) is 17.6 Å². The van der Waals surface area contributed by atoms with Crippen LogP contribution in [0.5, 0.6) is 0 Å². The van der Waals surface area contributed by atoms with Gasteiger partial charge >= 0.3 is 7.60 Å². The van der Waals surface area contributed by atoms with Crippen LogP contribution < -0.4 is 11.1 Å². The van der Waals surface area contributed by atoms with Gasteiger partial charge in [0.25, 0.3) is 0 Å². The van der Waals surface area contributed by atoms with Gasteiger partial charge in [-0.2, -0.15) is 0 Å². The summed E-state index contributed by atoms with van der Waals surface area (Å²) in [7, 11) is -4.20. The normalized spacial score (nSPS) is 26.6. The molecule has 4 atom stereocenters. The van der Waals surface area contributed by atoms with Crippen molar-refractivity contribution in [2.45, 2.75) is 52.1 Å². The number of hydrogen-bond acceptors (Lipinski definition) is 3. The van der Waals surface area contributed by atoms with Crippen molar-refractivity contribution in [1.29, 1.82) is 0 Å². The summed E-state index contributed by atoms with van der Waals surface area (Å²) < 4.78 is 11.3. The Morgan fingerprint density at radius 3 is 2.60 bits per heavy atom. The van der Waals surface area contributed by atoms with Crippen molar-refractivity contribution in [3.05, 3.63) is 11.4 Å². The van der Waals surface area contributed by atoms with Crippen LogP contribution in [0.25, 0.3) is 0 Å². The van der Waals surface area contributed by atoms with Crippen LogP contribution in [0.1, 0.15) is 40.0 Å². The third kappa shape index (κ3) is 4.42. The number of carbonyl (C=O) groups excluding carboxylic acids is 1. The third-order valence-electron chi connectivity index (χ3n) is 4.08. The Hall–Kier alpha value is -0.680. The summed E-state index contributed by atoms with van der Waals surface area (Å²) in [6.07, 6.45) is 3.16. The average Bonchev–Trinajstić information content (AvgIpc) is 2.34. The van der Waals surface area contributed by atoms with Gasteiger partial charge in [-0.1, -0.05) is 26.3 Å². The molecule has 20 heavy (non-hydrogen) atoms. The Kier molecular flexibility index (Phi) is 5.95. The molecule has 1 amide bonds. The van der Waals surface area contributed by atoms with E-state index in [0.717, 1.165) is 6.42 Å². The number of nitrogens with two attached hydrogens (primary N) is 1. The van der Waals surface area contributed by atoms with Gasteiger partial charge in [0.05, 0.1) is 0 Å². The van der Waals surface area contributed by atoms with Crippen LogP contribution in [0.3, 0.4) is 0 Å². The number of carbonyl (C=O) groups is 1. The van der Waals surface area contributed by atoms with E-state index >= 15 is 0 Å². The highest BCUT2D eigenvalue weighted by atomic mass is 31.2. The van der Waals surface area contributed by atoms with Crippen LogP contribution in [-0.2, 0) is 9.36 Å². The summed E-state index contributed by atoms with van der Waals surface area (Å²) in [6, 6.07) is -0.421. The predicted octanol–water partition coefficient (Wildman–Crippen LogP) is 1.34. The van der Waals surface area contributed by atoms with E-state index in [9.17, 15) is 19.1 Å². The predicted molar refractivity (Wildman–Crippen MR) is 77.9 cm³/mol. The zero-order valence-electron chi connectivity index (χ0n) is 12.2. The second kappa shape index (κ2) is 6.85. The molecule has 7 heteroatoms. The van der Waals surface area contributed by atoms with Crippen molar-refractivity contribution >= 4 is 13.5 Å². The average molecular weight is 304 g/mol. The molecule has 0 heterocycles. The summed E-state index contributed by atoms with van der Waals surface area (Å²) >= 11 is 0. The molecule has 0 aromatic carbocycles. The first kappa shape index (κ1) is 17.4. The largest absolute Gasteiger partial charge is 0.353 e. The SMILES string of the molecule is CCC(C)[C@H](NC(C)=O)[C@H]1CC=C(P(=O)(O)O)C[C@@H]1N. The first-order chi connectivity index (χ1) is 9.16.